The summed E-state index contributed by atoms with van der Waals surface area (Å²) in [6.07, 6.45) is 0. The van der Waals surface area contributed by atoms with E-state index in [0.717, 1.165) is 11.1 Å². The number of hydrogen-bond acceptors (Lipinski definition) is 2. The summed E-state index contributed by atoms with van der Waals surface area (Å²) < 4.78 is 0. The number of hydrogen-bond donors (Lipinski definition) is 1. The molecule has 0 heterocycles. The van der Waals surface area contributed by atoms with Crippen LogP contribution in [-0.4, -0.2) is 34.5 Å². The van der Waals surface area contributed by atoms with Gasteiger partial charge in [0.05, 0.1) is 0 Å². The zero-order chi connectivity index (χ0) is 13.9. The fourth-order valence-corrected chi connectivity index (χ4v) is 1.93. The number of carbonyl (C=O) groups is 2. The number of amides is 1. The number of aliphatic carboxylic acids is 1. The Labute approximate surface area is 107 Å². The second-order valence-corrected chi connectivity index (χ2v) is 4.69. The Morgan fingerprint density at radius 3 is 2.11 bits per heavy atom. The maximum absolute atomic E-state index is 12.4. The first-order valence-corrected chi connectivity index (χ1v) is 5.93. The predicted molar refractivity (Wildman–Crippen MR) is 69.7 cm³/mol. The molecule has 0 bridgehead atoms. The standard InChI is InChI=1S/C14H19NO3/c1-9(2)15(8-12(16)17)14(18)13-10(3)6-5-7-11(13)4/h5-7,9H,8H2,1-4H3,(H,16,17). The average molecular weight is 249 g/mol. The molecule has 0 saturated heterocycles. The van der Waals surface area contributed by atoms with Crippen LogP contribution in [0, 0.1) is 13.8 Å². The molecule has 0 spiro atoms. The number of aryl methyl sites for hydroxylation is 2. The highest BCUT2D eigenvalue weighted by Crippen LogP contribution is 2.17. The highest BCUT2D eigenvalue weighted by molar-refractivity contribution is 5.98. The van der Waals surface area contributed by atoms with E-state index in [2.05, 4.69) is 0 Å². The van der Waals surface area contributed by atoms with Crippen LogP contribution in [0.1, 0.15) is 35.3 Å². The molecule has 0 radical (unpaired) electrons. The third-order valence-corrected chi connectivity index (χ3v) is 2.88. The molecular weight excluding hydrogens is 230 g/mol. The Balaban J connectivity index is 3.14. The van der Waals surface area contributed by atoms with Crippen LogP contribution in [-0.2, 0) is 4.79 Å². The molecule has 4 nitrogen and oxygen atoms in total. The summed E-state index contributed by atoms with van der Waals surface area (Å²) in [5.74, 6) is -1.22. The second-order valence-electron chi connectivity index (χ2n) is 4.69. The molecule has 1 N–H and O–H groups in total. The van der Waals surface area contributed by atoms with Gasteiger partial charge < -0.3 is 10.0 Å². The maximum atomic E-state index is 12.4. The van der Waals surface area contributed by atoms with E-state index in [0.29, 0.717) is 5.56 Å². The zero-order valence-corrected chi connectivity index (χ0v) is 11.2. The highest BCUT2D eigenvalue weighted by atomic mass is 16.4. The van der Waals surface area contributed by atoms with Crippen molar-refractivity contribution >= 4 is 11.9 Å². The lowest BCUT2D eigenvalue weighted by Crippen LogP contribution is -2.41. The largest absolute Gasteiger partial charge is 0.480 e. The van der Waals surface area contributed by atoms with E-state index in [4.69, 9.17) is 5.11 Å². The van der Waals surface area contributed by atoms with E-state index in [-0.39, 0.29) is 18.5 Å². The Kier molecular flexibility index (Phi) is 4.48. The van der Waals surface area contributed by atoms with Crippen molar-refractivity contribution in [2.24, 2.45) is 0 Å². The molecule has 0 saturated carbocycles. The Hall–Kier alpha value is -1.84. The minimum absolute atomic E-state index is 0.146. The van der Waals surface area contributed by atoms with Gasteiger partial charge in [-0.1, -0.05) is 18.2 Å². The van der Waals surface area contributed by atoms with Gasteiger partial charge >= 0.3 is 5.97 Å². The summed E-state index contributed by atoms with van der Waals surface area (Å²) in [6.45, 7) is 7.08. The molecule has 4 heteroatoms. The van der Waals surface area contributed by atoms with Gasteiger partial charge in [0.2, 0.25) is 0 Å². The lowest BCUT2D eigenvalue weighted by molar-refractivity contribution is -0.138. The number of carboxylic acid groups (broad SMARTS) is 1. The molecule has 0 unspecified atom stereocenters. The molecule has 18 heavy (non-hydrogen) atoms. The van der Waals surface area contributed by atoms with Crippen LogP contribution < -0.4 is 0 Å². The van der Waals surface area contributed by atoms with Crippen molar-refractivity contribution in [3.63, 3.8) is 0 Å². The summed E-state index contributed by atoms with van der Waals surface area (Å²) in [5, 5.41) is 8.87. The summed E-state index contributed by atoms with van der Waals surface area (Å²) in [5.41, 5.74) is 2.35. The molecule has 0 aliphatic heterocycles. The molecule has 0 atom stereocenters. The lowest BCUT2D eigenvalue weighted by atomic mass is 10.0. The molecule has 0 aliphatic carbocycles. The third kappa shape index (κ3) is 3.09. The Morgan fingerprint density at radius 1 is 1.22 bits per heavy atom. The van der Waals surface area contributed by atoms with Crippen molar-refractivity contribution in [3.05, 3.63) is 34.9 Å². The molecular formula is C14H19NO3. The van der Waals surface area contributed by atoms with Gasteiger partial charge in [-0.3, -0.25) is 9.59 Å². The SMILES string of the molecule is Cc1cccc(C)c1C(=O)N(CC(=O)O)C(C)C. The van der Waals surface area contributed by atoms with Gasteiger partial charge in [-0.2, -0.15) is 0 Å². The fraction of sp³-hybridized carbons (Fsp3) is 0.429. The molecule has 1 rings (SSSR count). The second kappa shape index (κ2) is 5.67. The first-order valence-electron chi connectivity index (χ1n) is 5.93. The first-order chi connectivity index (χ1) is 8.34. The van der Waals surface area contributed by atoms with Crippen LogP contribution in [0.5, 0.6) is 0 Å². The molecule has 1 aromatic rings. The quantitative estimate of drug-likeness (QED) is 0.890. The van der Waals surface area contributed by atoms with Crippen LogP contribution in [0.15, 0.2) is 18.2 Å². The van der Waals surface area contributed by atoms with E-state index in [1.165, 1.54) is 4.90 Å². The monoisotopic (exact) mass is 249 g/mol. The third-order valence-electron chi connectivity index (χ3n) is 2.88. The molecule has 0 aromatic heterocycles. The van der Waals surface area contributed by atoms with Gasteiger partial charge in [0.25, 0.3) is 5.91 Å². The molecule has 1 amide bonds. The Bertz CT molecular complexity index is 446. The molecule has 1 aromatic carbocycles. The first kappa shape index (κ1) is 14.2. The number of rotatable bonds is 4. The predicted octanol–water partition coefficient (Wildman–Crippen LogP) is 2.24. The zero-order valence-electron chi connectivity index (χ0n) is 11.2. The number of carboxylic acids is 1. The van der Waals surface area contributed by atoms with Crippen molar-refractivity contribution in [2.45, 2.75) is 33.7 Å². The van der Waals surface area contributed by atoms with Gasteiger partial charge in [0, 0.05) is 11.6 Å². The van der Waals surface area contributed by atoms with E-state index in [1.54, 1.807) is 0 Å². The molecule has 0 aliphatic rings. The minimum atomic E-state index is -0.997. The molecule has 0 fully saturated rings. The van der Waals surface area contributed by atoms with Crippen molar-refractivity contribution in [3.8, 4) is 0 Å². The van der Waals surface area contributed by atoms with Crippen LogP contribution in [0.25, 0.3) is 0 Å². The van der Waals surface area contributed by atoms with Gasteiger partial charge in [0.1, 0.15) is 6.54 Å². The normalized spacial score (nSPS) is 10.5. The van der Waals surface area contributed by atoms with Crippen LogP contribution >= 0.6 is 0 Å². The van der Waals surface area contributed by atoms with Gasteiger partial charge in [-0.15, -0.1) is 0 Å². The van der Waals surface area contributed by atoms with Crippen molar-refractivity contribution in [1.29, 1.82) is 0 Å². The van der Waals surface area contributed by atoms with E-state index < -0.39 is 5.97 Å². The van der Waals surface area contributed by atoms with Crippen molar-refractivity contribution < 1.29 is 14.7 Å². The summed E-state index contributed by atoms with van der Waals surface area (Å²) >= 11 is 0. The maximum Gasteiger partial charge on any atom is 0.323 e. The van der Waals surface area contributed by atoms with Crippen molar-refractivity contribution in [1.82, 2.24) is 4.90 Å². The summed E-state index contributed by atoms with van der Waals surface area (Å²) in [6, 6.07) is 5.46. The summed E-state index contributed by atoms with van der Waals surface area (Å²) in [4.78, 5) is 24.6. The number of carbonyl (C=O) groups excluding carboxylic acids is 1. The minimum Gasteiger partial charge on any atom is -0.480 e. The van der Waals surface area contributed by atoms with Crippen LogP contribution in [0.3, 0.4) is 0 Å². The Morgan fingerprint density at radius 2 is 1.72 bits per heavy atom. The van der Waals surface area contributed by atoms with Crippen LogP contribution in [0.4, 0.5) is 0 Å². The van der Waals surface area contributed by atoms with E-state index in [1.807, 2.05) is 45.9 Å². The number of benzene rings is 1. The average Bonchev–Trinajstić information content (AvgIpc) is 2.24. The highest BCUT2D eigenvalue weighted by Gasteiger charge is 2.23. The smallest absolute Gasteiger partial charge is 0.323 e. The topological polar surface area (TPSA) is 57.6 Å². The van der Waals surface area contributed by atoms with E-state index >= 15 is 0 Å². The van der Waals surface area contributed by atoms with Crippen LogP contribution in [0.2, 0.25) is 0 Å². The fourth-order valence-electron chi connectivity index (χ4n) is 1.93. The van der Waals surface area contributed by atoms with Gasteiger partial charge in [-0.25, -0.2) is 0 Å². The lowest BCUT2D eigenvalue weighted by Gasteiger charge is -2.26. The van der Waals surface area contributed by atoms with Crippen molar-refractivity contribution in [2.75, 3.05) is 6.54 Å². The number of nitrogens with zero attached hydrogens (tertiary/aromatic N) is 1. The van der Waals surface area contributed by atoms with Gasteiger partial charge in [-0.05, 0) is 38.8 Å². The summed E-state index contributed by atoms with van der Waals surface area (Å²) in [7, 11) is 0. The molecule has 98 valence electrons. The van der Waals surface area contributed by atoms with Gasteiger partial charge in [0.15, 0.2) is 0 Å². The van der Waals surface area contributed by atoms with E-state index in [9.17, 15) is 9.59 Å².